The van der Waals surface area contributed by atoms with Gasteiger partial charge in [-0.05, 0) is 116 Å². The Hall–Kier alpha value is -4.71. The molecular formula is C59H90O6. The molecule has 6 heteroatoms. The highest BCUT2D eigenvalue weighted by Gasteiger charge is 2.19. The smallest absolute Gasteiger partial charge is 0.306 e. The number of hydrogen-bond donors (Lipinski definition) is 0. The average molecular weight is 895 g/mol. The van der Waals surface area contributed by atoms with Crippen LogP contribution in [0.4, 0.5) is 0 Å². The molecule has 0 bridgehead atoms. The van der Waals surface area contributed by atoms with Gasteiger partial charge in [-0.2, -0.15) is 0 Å². The molecule has 0 saturated carbocycles. The largest absolute Gasteiger partial charge is 0.462 e. The molecular weight excluding hydrogens is 805 g/mol. The van der Waals surface area contributed by atoms with Crippen LogP contribution in [0, 0.1) is 0 Å². The van der Waals surface area contributed by atoms with Crippen LogP contribution in [0.2, 0.25) is 0 Å². The van der Waals surface area contributed by atoms with E-state index < -0.39 is 12.1 Å². The summed E-state index contributed by atoms with van der Waals surface area (Å²) >= 11 is 0. The minimum absolute atomic E-state index is 0.142. The summed E-state index contributed by atoms with van der Waals surface area (Å²) in [7, 11) is 0. The first-order valence-corrected chi connectivity index (χ1v) is 25.3. The van der Waals surface area contributed by atoms with Crippen molar-refractivity contribution in [2.75, 3.05) is 13.2 Å². The number of carbonyl (C=O) groups excluding carboxylic acids is 3. The first-order valence-electron chi connectivity index (χ1n) is 25.3. The first-order chi connectivity index (χ1) is 32.0. The van der Waals surface area contributed by atoms with Crippen LogP contribution in [0.1, 0.15) is 188 Å². The van der Waals surface area contributed by atoms with E-state index in [1.54, 1.807) is 0 Å². The van der Waals surface area contributed by atoms with Crippen molar-refractivity contribution in [3.8, 4) is 0 Å². The van der Waals surface area contributed by atoms with Gasteiger partial charge >= 0.3 is 17.9 Å². The van der Waals surface area contributed by atoms with Crippen LogP contribution in [0.25, 0.3) is 0 Å². The molecule has 0 aliphatic carbocycles. The fourth-order valence-electron chi connectivity index (χ4n) is 6.10. The van der Waals surface area contributed by atoms with Crippen molar-refractivity contribution in [2.45, 2.75) is 194 Å². The molecule has 0 aromatic heterocycles. The summed E-state index contributed by atoms with van der Waals surface area (Å²) in [5.41, 5.74) is 0. The summed E-state index contributed by atoms with van der Waals surface area (Å²) in [6.07, 6.45) is 74.3. The van der Waals surface area contributed by atoms with Gasteiger partial charge in [0.05, 0.1) is 0 Å². The summed E-state index contributed by atoms with van der Waals surface area (Å²) in [5, 5.41) is 0. The average Bonchev–Trinajstić information content (AvgIpc) is 3.30. The van der Waals surface area contributed by atoms with Crippen molar-refractivity contribution in [1.82, 2.24) is 0 Å². The highest BCUT2D eigenvalue weighted by molar-refractivity contribution is 5.71. The van der Waals surface area contributed by atoms with Crippen LogP contribution in [0.15, 0.2) is 146 Å². The van der Waals surface area contributed by atoms with Crippen molar-refractivity contribution in [2.24, 2.45) is 0 Å². The van der Waals surface area contributed by atoms with Gasteiger partial charge in [0.2, 0.25) is 0 Å². The van der Waals surface area contributed by atoms with E-state index >= 15 is 0 Å². The SMILES string of the molecule is CC/C=C\C/C=C\C/C=C\C/C=C\C/C=C\C/C=C\CCC(=O)OCC(COC(=O)CCCCCCC/C=C\CCCCC)OC(=O)CC/C=C\C/C=C\C/C=C\C/C=C\C/C=C\CC. The topological polar surface area (TPSA) is 78.9 Å². The van der Waals surface area contributed by atoms with Crippen LogP contribution < -0.4 is 0 Å². The molecule has 65 heavy (non-hydrogen) atoms. The maximum atomic E-state index is 12.8. The number of esters is 3. The fraction of sp³-hybridized carbons (Fsp3) is 0.542. The highest BCUT2D eigenvalue weighted by atomic mass is 16.6. The zero-order chi connectivity index (χ0) is 47.2. The monoisotopic (exact) mass is 895 g/mol. The molecule has 0 saturated heterocycles. The van der Waals surface area contributed by atoms with Crippen molar-refractivity contribution in [3.63, 3.8) is 0 Å². The third-order valence-corrected chi connectivity index (χ3v) is 9.84. The Kier molecular flexibility index (Phi) is 48.2. The van der Waals surface area contributed by atoms with Crippen LogP contribution in [-0.4, -0.2) is 37.2 Å². The van der Waals surface area contributed by atoms with Crippen molar-refractivity contribution in [1.29, 1.82) is 0 Å². The van der Waals surface area contributed by atoms with E-state index in [4.69, 9.17) is 14.2 Å². The first kappa shape index (κ1) is 60.3. The molecule has 0 aromatic carbocycles. The lowest BCUT2D eigenvalue weighted by atomic mass is 10.1. The molecule has 0 radical (unpaired) electrons. The lowest BCUT2D eigenvalue weighted by Crippen LogP contribution is -2.30. The quantitative estimate of drug-likeness (QED) is 0.0263. The van der Waals surface area contributed by atoms with Gasteiger partial charge < -0.3 is 14.2 Å². The van der Waals surface area contributed by atoms with Gasteiger partial charge in [-0.1, -0.05) is 199 Å². The molecule has 0 aliphatic heterocycles. The van der Waals surface area contributed by atoms with Gasteiger partial charge in [0, 0.05) is 19.3 Å². The van der Waals surface area contributed by atoms with Crippen LogP contribution in [0.5, 0.6) is 0 Å². The Bertz CT molecular complexity index is 1490. The van der Waals surface area contributed by atoms with Crippen LogP contribution >= 0.6 is 0 Å². The predicted molar refractivity (Wildman–Crippen MR) is 279 cm³/mol. The summed E-state index contributed by atoms with van der Waals surface area (Å²) < 4.78 is 16.6. The predicted octanol–water partition coefficient (Wildman–Crippen LogP) is 16.9. The summed E-state index contributed by atoms with van der Waals surface area (Å²) in [6.45, 7) is 6.22. The van der Waals surface area contributed by atoms with E-state index in [1.807, 2.05) is 24.3 Å². The van der Waals surface area contributed by atoms with Crippen LogP contribution in [0.3, 0.4) is 0 Å². The van der Waals surface area contributed by atoms with Crippen molar-refractivity contribution < 1.29 is 28.6 Å². The van der Waals surface area contributed by atoms with Gasteiger partial charge in [-0.25, -0.2) is 0 Å². The van der Waals surface area contributed by atoms with Crippen LogP contribution in [-0.2, 0) is 28.6 Å². The van der Waals surface area contributed by atoms with E-state index in [2.05, 4.69) is 142 Å². The van der Waals surface area contributed by atoms with Gasteiger partial charge in [0.25, 0.3) is 0 Å². The summed E-state index contributed by atoms with van der Waals surface area (Å²) in [4.78, 5) is 37.9. The number of ether oxygens (including phenoxy) is 3. The minimum atomic E-state index is -0.857. The van der Waals surface area contributed by atoms with Gasteiger partial charge in [-0.15, -0.1) is 0 Å². The molecule has 0 rings (SSSR count). The molecule has 0 spiro atoms. The molecule has 0 aliphatic rings. The number of rotatable bonds is 43. The fourth-order valence-corrected chi connectivity index (χ4v) is 6.10. The molecule has 0 N–H and O–H groups in total. The molecule has 0 heterocycles. The third-order valence-electron chi connectivity index (χ3n) is 9.84. The highest BCUT2D eigenvalue weighted by Crippen LogP contribution is 2.11. The zero-order valence-corrected chi connectivity index (χ0v) is 41.2. The second-order valence-corrected chi connectivity index (χ2v) is 16.0. The Balaban J connectivity index is 4.65. The Morgan fingerprint density at radius 1 is 0.323 bits per heavy atom. The lowest BCUT2D eigenvalue weighted by Gasteiger charge is -2.18. The Labute approximate surface area is 397 Å². The molecule has 0 aromatic rings. The normalized spacial score (nSPS) is 13.3. The zero-order valence-electron chi connectivity index (χ0n) is 41.2. The van der Waals surface area contributed by atoms with Gasteiger partial charge in [-0.3, -0.25) is 14.4 Å². The van der Waals surface area contributed by atoms with Crippen molar-refractivity contribution in [3.05, 3.63) is 146 Å². The second-order valence-electron chi connectivity index (χ2n) is 16.0. The Morgan fingerprint density at radius 2 is 0.631 bits per heavy atom. The van der Waals surface area contributed by atoms with E-state index in [-0.39, 0.29) is 38.0 Å². The van der Waals surface area contributed by atoms with E-state index in [1.165, 1.54) is 32.1 Å². The molecule has 6 nitrogen and oxygen atoms in total. The van der Waals surface area contributed by atoms with E-state index in [0.29, 0.717) is 19.3 Å². The van der Waals surface area contributed by atoms with Gasteiger partial charge in [0.15, 0.2) is 6.10 Å². The molecule has 1 atom stereocenters. The molecule has 362 valence electrons. The number of allylic oxidation sites excluding steroid dienone is 24. The molecule has 0 fully saturated rings. The standard InChI is InChI=1S/C59H90O6/c1-4-7-10-13-16-19-22-25-27-29-30-31-33-34-37-40-43-46-49-52-58(61)64-55-56(54-63-57(60)51-48-45-42-39-36-24-21-18-15-12-9-6-3)65-59(62)53-50-47-44-41-38-35-32-28-26-23-20-17-14-11-8-5-2/h7-8,10-11,16-21,25-28,30-31,34-35,37-38,43-44,46-47,56H,4-6,9,12-15,22-24,29,32-33,36,39-42,45,48-55H2,1-3H3/b10-7-,11-8-,19-16-,20-17-,21-18-,27-25-,28-26-,31-30-,37-34-,38-35-,46-43-,47-44-. The van der Waals surface area contributed by atoms with E-state index in [0.717, 1.165) is 103 Å². The van der Waals surface area contributed by atoms with Crippen molar-refractivity contribution >= 4 is 17.9 Å². The third kappa shape index (κ3) is 50.2. The number of carbonyl (C=O) groups is 3. The summed E-state index contributed by atoms with van der Waals surface area (Å²) in [5.74, 6) is -1.14. The lowest BCUT2D eigenvalue weighted by molar-refractivity contribution is -0.166. The maximum absolute atomic E-state index is 12.8. The number of hydrogen-bond acceptors (Lipinski definition) is 6. The molecule has 1 unspecified atom stereocenters. The molecule has 0 amide bonds. The van der Waals surface area contributed by atoms with Gasteiger partial charge in [0.1, 0.15) is 13.2 Å². The minimum Gasteiger partial charge on any atom is -0.462 e. The number of unbranched alkanes of at least 4 members (excludes halogenated alkanes) is 8. The summed E-state index contributed by atoms with van der Waals surface area (Å²) in [6, 6.07) is 0. The Morgan fingerprint density at radius 3 is 1.03 bits per heavy atom. The maximum Gasteiger partial charge on any atom is 0.306 e. The van der Waals surface area contributed by atoms with E-state index in [9.17, 15) is 14.4 Å². The second kappa shape index (κ2) is 51.9.